The maximum atomic E-state index is 4.69. The molecule has 102 valence electrons. The summed E-state index contributed by atoms with van der Waals surface area (Å²) in [6, 6.07) is 17.0. The van der Waals surface area contributed by atoms with Gasteiger partial charge in [0.1, 0.15) is 5.82 Å². The SMILES string of the molecule is Cc1cccc(CC[C@@H](C)c2nc3ccccc3[nH]2)c1. The number of rotatable bonds is 4. The maximum absolute atomic E-state index is 4.69. The van der Waals surface area contributed by atoms with E-state index in [4.69, 9.17) is 0 Å². The number of H-pyrrole nitrogens is 1. The molecule has 1 atom stereocenters. The molecule has 0 aliphatic heterocycles. The molecule has 0 amide bonds. The Kier molecular flexibility index (Phi) is 3.55. The fourth-order valence-corrected chi connectivity index (χ4v) is 2.59. The van der Waals surface area contributed by atoms with Crippen LogP contribution in [0.4, 0.5) is 0 Å². The molecule has 0 aliphatic carbocycles. The number of imidazole rings is 1. The molecule has 2 nitrogen and oxygen atoms in total. The first-order valence-corrected chi connectivity index (χ1v) is 7.22. The fraction of sp³-hybridized carbons (Fsp3) is 0.278. The molecule has 2 heteroatoms. The third-order valence-electron chi connectivity index (χ3n) is 3.82. The highest BCUT2D eigenvalue weighted by atomic mass is 14.9. The lowest BCUT2D eigenvalue weighted by atomic mass is 9.99. The van der Waals surface area contributed by atoms with Gasteiger partial charge in [0.15, 0.2) is 0 Å². The number of hydrogen-bond donors (Lipinski definition) is 1. The molecule has 3 rings (SSSR count). The summed E-state index contributed by atoms with van der Waals surface area (Å²) >= 11 is 0. The number of nitrogens with zero attached hydrogens (tertiary/aromatic N) is 1. The van der Waals surface area contributed by atoms with Crippen LogP contribution in [0.1, 0.15) is 36.2 Å². The van der Waals surface area contributed by atoms with E-state index in [2.05, 4.69) is 60.2 Å². The molecular formula is C18H20N2. The first-order chi connectivity index (χ1) is 9.72. The Morgan fingerprint density at radius 3 is 2.75 bits per heavy atom. The Morgan fingerprint density at radius 1 is 1.10 bits per heavy atom. The zero-order valence-electron chi connectivity index (χ0n) is 12.1. The van der Waals surface area contributed by atoms with Crippen LogP contribution in [0.25, 0.3) is 11.0 Å². The van der Waals surface area contributed by atoms with Crippen molar-refractivity contribution in [1.29, 1.82) is 0 Å². The van der Waals surface area contributed by atoms with E-state index in [-0.39, 0.29) is 0 Å². The van der Waals surface area contributed by atoms with Crippen LogP contribution < -0.4 is 0 Å². The van der Waals surface area contributed by atoms with Gasteiger partial charge in [-0.25, -0.2) is 4.98 Å². The Bertz CT molecular complexity index is 679. The summed E-state index contributed by atoms with van der Waals surface area (Å²) in [5.41, 5.74) is 4.93. The van der Waals surface area contributed by atoms with Gasteiger partial charge in [0.25, 0.3) is 0 Å². The van der Waals surface area contributed by atoms with Crippen molar-refractivity contribution in [2.75, 3.05) is 0 Å². The van der Waals surface area contributed by atoms with Crippen LogP contribution in [0.5, 0.6) is 0 Å². The summed E-state index contributed by atoms with van der Waals surface area (Å²) in [7, 11) is 0. The van der Waals surface area contributed by atoms with Gasteiger partial charge in [-0.3, -0.25) is 0 Å². The van der Waals surface area contributed by atoms with Gasteiger partial charge in [-0.15, -0.1) is 0 Å². The molecule has 1 N–H and O–H groups in total. The normalized spacial score (nSPS) is 12.7. The predicted octanol–water partition coefficient (Wildman–Crippen LogP) is 4.61. The minimum atomic E-state index is 0.447. The first-order valence-electron chi connectivity index (χ1n) is 7.22. The largest absolute Gasteiger partial charge is 0.342 e. The minimum absolute atomic E-state index is 0.447. The molecule has 1 heterocycles. The number of benzene rings is 2. The smallest absolute Gasteiger partial charge is 0.110 e. The van der Waals surface area contributed by atoms with Crippen LogP contribution in [0.3, 0.4) is 0 Å². The van der Waals surface area contributed by atoms with Gasteiger partial charge in [-0.2, -0.15) is 0 Å². The highest BCUT2D eigenvalue weighted by Crippen LogP contribution is 2.21. The summed E-state index contributed by atoms with van der Waals surface area (Å²) < 4.78 is 0. The second kappa shape index (κ2) is 5.49. The Morgan fingerprint density at radius 2 is 1.95 bits per heavy atom. The van der Waals surface area contributed by atoms with E-state index in [1.807, 2.05) is 12.1 Å². The molecule has 0 unspecified atom stereocenters. The number of hydrogen-bond acceptors (Lipinski definition) is 1. The van der Waals surface area contributed by atoms with Crippen molar-refractivity contribution in [3.8, 4) is 0 Å². The van der Waals surface area contributed by atoms with Gasteiger partial charge in [0, 0.05) is 5.92 Å². The monoisotopic (exact) mass is 264 g/mol. The van der Waals surface area contributed by atoms with E-state index in [1.54, 1.807) is 0 Å². The van der Waals surface area contributed by atoms with Crippen molar-refractivity contribution in [2.45, 2.75) is 32.6 Å². The van der Waals surface area contributed by atoms with E-state index < -0.39 is 0 Å². The molecule has 0 radical (unpaired) electrons. The number of aryl methyl sites for hydroxylation is 2. The summed E-state index contributed by atoms with van der Waals surface area (Å²) in [6.45, 7) is 4.39. The van der Waals surface area contributed by atoms with Gasteiger partial charge in [0.05, 0.1) is 11.0 Å². The summed E-state index contributed by atoms with van der Waals surface area (Å²) in [5.74, 6) is 1.54. The van der Waals surface area contributed by atoms with Crippen LogP contribution in [0.15, 0.2) is 48.5 Å². The standard InChI is InChI=1S/C18H20N2/c1-13-6-5-7-15(12-13)11-10-14(2)18-19-16-8-3-4-9-17(16)20-18/h3-9,12,14H,10-11H2,1-2H3,(H,19,20)/t14-/m1/s1. The average molecular weight is 264 g/mol. The predicted molar refractivity (Wildman–Crippen MR) is 84.0 cm³/mol. The second-order valence-corrected chi connectivity index (χ2v) is 5.57. The van der Waals surface area contributed by atoms with Crippen molar-refractivity contribution in [1.82, 2.24) is 9.97 Å². The molecule has 0 saturated carbocycles. The average Bonchev–Trinajstić information content (AvgIpc) is 2.89. The first kappa shape index (κ1) is 12.9. The quantitative estimate of drug-likeness (QED) is 0.732. The summed E-state index contributed by atoms with van der Waals surface area (Å²) in [6.07, 6.45) is 2.21. The minimum Gasteiger partial charge on any atom is -0.342 e. The topological polar surface area (TPSA) is 28.7 Å². The highest BCUT2D eigenvalue weighted by Gasteiger charge is 2.10. The van der Waals surface area contributed by atoms with E-state index in [1.165, 1.54) is 11.1 Å². The Balaban J connectivity index is 1.71. The number of fused-ring (bicyclic) bond motifs is 1. The lowest BCUT2D eigenvalue weighted by Gasteiger charge is -2.08. The number of nitrogens with one attached hydrogen (secondary N) is 1. The van der Waals surface area contributed by atoms with Gasteiger partial charge >= 0.3 is 0 Å². The number of aromatic amines is 1. The van der Waals surface area contributed by atoms with Crippen LogP contribution >= 0.6 is 0 Å². The molecule has 2 aromatic carbocycles. The molecule has 0 fully saturated rings. The fourth-order valence-electron chi connectivity index (χ4n) is 2.59. The van der Waals surface area contributed by atoms with Crippen LogP contribution in [-0.2, 0) is 6.42 Å². The zero-order valence-corrected chi connectivity index (χ0v) is 12.1. The zero-order chi connectivity index (χ0) is 13.9. The Hall–Kier alpha value is -2.09. The van der Waals surface area contributed by atoms with E-state index in [0.717, 1.165) is 29.7 Å². The van der Waals surface area contributed by atoms with Crippen molar-refractivity contribution in [3.05, 3.63) is 65.5 Å². The van der Waals surface area contributed by atoms with Crippen molar-refractivity contribution in [3.63, 3.8) is 0 Å². The van der Waals surface area contributed by atoms with Crippen molar-refractivity contribution in [2.24, 2.45) is 0 Å². The third-order valence-corrected chi connectivity index (χ3v) is 3.82. The van der Waals surface area contributed by atoms with Crippen LogP contribution in [-0.4, -0.2) is 9.97 Å². The molecule has 20 heavy (non-hydrogen) atoms. The van der Waals surface area contributed by atoms with Gasteiger partial charge in [-0.1, -0.05) is 48.9 Å². The Labute approximate surface area is 119 Å². The molecular weight excluding hydrogens is 244 g/mol. The lowest BCUT2D eigenvalue weighted by molar-refractivity contribution is 0.648. The third kappa shape index (κ3) is 2.74. The van der Waals surface area contributed by atoms with Crippen LogP contribution in [0.2, 0.25) is 0 Å². The molecule has 1 aromatic heterocycles. The van der Waals surface area contributed by atoms with Crippen molar-refractivity contribution < 1.29 is 0 Å². The lowest BCUT2D eigenvalue weighted by Crippen LogP contribution is -1.98. The molecule has 0 spiro atoms. The van der Waals surface area contributed by atoms with Gasteiger partial charge in [-0.05, 0) is 37.5 Å². The van der Waals surface area contributed by atoms with Gasteiger partial charge in [0.2, 0.25) is 0 Å². The van der Waals surface area contributed by atoms with E-state index >= 15 is 0 Å². The van der Waals surface area contributed by atoms with Crippen LogP contribution in [0, 0.1) is 6.92 Å². The molecule has 3 aromatic rings. The summed E-state index contributed by atoms with van der Waals surface area (Å²) in [4.78, 5) is 8.12. The van der Waals surface area contributed by atoms with Crippen molar-refractivity contribution >= 4 is 11.0 Å². The van der Waals surface area contributed by atoms with Gasteiger partial charge < -0.3 is 4.98 Å². The number of aromatic nitrogens is 2. The van der Waals surface area contributed by atoms with E-state index in [0.29, 0.717) is 5.92 Å². The van der Waals surface area contributed by atoms with E-state index in [9.17, 15) is 0 Å². The molecule has 0 saturated heterocycles. The number of para-hydroxylation sites is 2. The summed E-state index contributed by atoms with van der Waals surface area (Å²) in [5, 5.41) is 0. The molecule has 0 aliphatic rings. The second-order valence-electron chi connectivity index (χ2n) is 5.57. The maximum Gasteiger partial charge on any atom is 0.110 e. The molecule has 0 bridgehead atoms. The highest BCUT2D eigenvalue weighted by molar-refractivity contribution is 5.74.